The summed E-state index contributed by atoms with van der Waals surface area (Å²) in [5, 5.41) is 4.42. The van der Waals surface area contributed by atoms with E-state index in [4.69, 9.17) is 16.0 Å². The maximum Gasteiger partial charge on any atom is 0.260 e. The summed E-state index contributed by atoms with van der Waals surface area (Å²) >= 11 is 7.64. The Kier molecular flexibility index (Phi) is 4.10. The molecule has 17 heavy (non-hydrogen) atoms. The highest BCUT2D eigenvalue weighted by atomic mass is 35.5. The summed E-state index contributed by atoms with van der Waals surface area (Å²) in [6.45, 7) is 2.70. The predicted octanol–water partition coefficient (Wildman–Crippen LogP) is 3.51. The van der Waals surface area contributed by atoms with Crippen molar-refractivity contribution in [1.29, 1.82) is 0 Å². The Balaban J connectivity index is 2.16. The van der Waals surface area contributed by atoms with Gasteiger partial charge in [-0.3, -0.25) is 0 Å². The molecule has 0 radical (unpaired) electrons. The van der Waals surface area contributed by atoms with Gasteiger partial charge in [0.15, 0.2) is 0 Å². The second-order valence-corrected chi connectivity index (χ2v) is 5.05. The fraction of sp³-hybridized carbons (Fsp3) is 0.250. The van der Waals surface area contributed by atoms with Crippen LogP contribution in [-0.4, -0.2) is 12.0 Å². The van der Waals surface area contributed by atoms with Gasteiger partial charge in [-0.2, -0.15) is 0 Å². The monoisotopic (exact) mass is 268 g/mol. The SMILES string of the molecule is CNCc1ccc(Sc2nc(C)co2)c(Cl)c1. The quantitative estimate of drug-likeness (QED) is 0.921. The van der Waals surface area contributed by atoms with E-state index < -0.39 is 0 Å². The van der Waals surface area contributed by atoms with E-state index in [2.05, 4.69) is 10.3 Å². The first-order chi connectivity index (χ1) is 8.19. The first-order valence-electron chi connectivity index (χ1n) is 5.22. The summed E-state index contributed by atoms with van der Waals surface area (Å²) < 4.78 is 5.28. The normalized spacial score (nSPS) is 10.8. The molecule has 0 fully saturated rings. The van der Waals surface area contributed by atoms with E-state index in [1.54, 1.807) is 6.26 Å². The number of hydrogen-bond acceptors (Lipinski definition) is 4. The first kappa shape index (κ1) is 12.5. The molecule has 90 valence electrons. The second-order valence-electron chi connectivity index (χ2n) is 3.65. The summed E-state index contributed by atoms with van der Waals surface area (Å²) in [6.07, 6.45) is 1.63. The summed E-state index contributed by atoms with van der Waals surface area (Å²) in [5.41, 5.74) is 2.03. The molecule has 5 heteroatoms. The molecule has 0 saturated carbocycles. The molecular formula is C12H13ClN2OS. The van der Waals surface area contributed by atoms with Gasteiger partial charge in [-0.1, -0.05) is 17.7 Å². The summed E-state index contributed by atoms with van der Waals surface area (Å²) in [4.78, 5) is 5.18. The van der Waals surface area contributed by atoms with E-state index in [-0.39, 0.29) is 0 Å². The number of aryl methyl sites for hydroxylation is 1. The highest BCUT2D eigenvalue weighted by Gasteiger charge is 2.07. The van der Waals surface area contributed by atoms with Gasteiger partial charge in [0.05, 0.1) is 10.7 Å². The number of rotatable bonds is 4. The molecule has 0 saturated heterocycles. The fourth-order valence-electron chi connectivity index (χ4n) is 1.41. The first-order valence-corrected chi connectivity index (χ1v) is 6.41. The van der Waals surface area contributed by atoms with Gasteiger partial charge in [0.25, 0.3) is 5.22 Å². The van der Waals surface area contributed by atoms with Crippen LogP contribution >= 0.6 is 23.4 Å². The van der Waals surface area contributed by atoms with Crippen molar-refractivity contribution in [3.63, 3.8) is 0 Å². The number of nitrogens with zero attached hydrogens (tertiary/aromatic N) is 1. The van der Waals surface area contributed by atoms with E-state index in [1.807, 2.05) is 32.2 Å². The highest BCUT2D eigenvalue weighted by Crippen LogP contribution is 2.33. The average Bonchev–Trinajstić information content (AvgIpc) is 2.69. The maximum absolute atomic E-state index is 6.20. The Labute approximate surface area is 110 Å². The van der Waals surface area contributed by atoms with E-state index in [1.165, 1.54) is 11.8 Å². The van der Waals surface area contributed by atoms with Crippen molar-refractivity contribution >= 4 is 23.4 Å². The zero-order chi connectivity index (χ0) is 12.3. The number of benzene rings is 1. The summed E-state index contributed by atoms with van der Waals surface area (Å²) in [7, 11) is 1.91. The maximum atomic E-state index is 6.20. The zero-order valence-electron chi connectivity index (χ0n) is 9.66. The van der Waals surface area contributed by atoms with E-state index in [0.29, 0.717) is 5.22 Å². The minimum atomic E-state index is 0.616. The van der Waals surface area contributed by atoms with Crippen LogP contribution in [0.4, 0.5) is 0 Å². The third-order valence-electron chi connectivity index (χ3n) is 2.17. The van der Waals surface area contributed by atoms with E-state index in [0.717, 1.165) is 27.7 Å². The largest absolute Gasteiger partial charge is 0.439 e. The average molecular weight is 269 g/mol. The Bertz CT molecular complexity index is 513. The van der Waals surface area contributed by atoms with Gasteiger partial charge in [0.1, 0.15) is 6.26 Å². The predicted molar refractivity (Wildman–Crippen MR) is 69.6 cm³/mol. The van der Waals surface area contributed by atoms with Crippen LogP contribution in [0, 0.1) is 6.92 Å². The van der Waals surface area contributed by atoms with Crippen LogP contribution in [0.25, 0.3) is 0 Å². The number of hydrogen-bond donors (Lipinski definition) is 1. The minimum absolute atomic E-state index is 0.616. The van der Waals surface area contributed by atoms with Crippen LogP contribution in [0.2, 0.25) is 5.02 Å². The molecular weight excluding hydrogens is 256 g/mol. The van der Waals surface area contributed by atoms with E-state index >= 15 is 0 Å². The lowest BCUT2D eigenvalue weighted by Gasteiger charge is -2.04. The zero-order valence-corrected chi connectivity index (χ0v) is 11.2. The van der Waals surface area contributed by atoms with Crippen molar-refractivity contribution in [2.24, 2.45) is 0 Å². The van der Waals surface area contributed by atoms with Crippen molar-refractivity contribution in [2.45, 2.75) is 23.6 Å². The van der Waals surface area contributed by atoms with Gasteiger partial charge in [-0.25, -0.2) is 4.98 Å². The van der Waals surface area contributed by atoms with Crippen LogP contribution in [0.5, 0.6) is 0 Å². The third-order valence-corrected chi connectivity index (χ3v) is 3.54. The number of oxazole rings is 1. The molecule has 0 spiro atoms. The molecule has 1 heterocycles. The van der Waals surface area contributed by atoms with Gasteiger partial charge in [-0.15, -0.1) is 0 Å². The molecule has 3 nitrogen and oxygen atoms in total. The molecule has 2 rings (SSSR count). The van der Waals surface area contributed by atoms with Gasteiger partial charge in [0, 0.05) is 11.4 Å². The Morgan fingerprint density at radius 2 is 2.29 bits per heavy atom. The lowest BCUT2D eigenvalue weighted by atomic mass is 10.2. The Morgan fingerprint density at radius 1 is 1.47 bits per heavy atom. The lowest BCUT2D eigenvalue weighted by molar-refractivity contribution is 0.454. The molecule has 1 aromatic carbocycles. The highest BCUT2D eigenvalue weighted by molar-refractivity contribution is 7.99. The van der Waals surface area contributed by atoms with Crippen LogP contribution in [-0.2, 0) is 6.54 Å². The molecule has 1 aromatic heterocycles. The van der Waals surface area contributed by atoms with Crippen LogP contribution in [0.3, 0.4) is 0 Å². The van der Waals surface area contributed by atoms with Crippen molar-refractivity contribution in [2.75, 3.05) is 7.05 Å². The van der Waals surface area contributed by atoms with Gasteiger partial charge >= 0.3 is 0 Å². The molecule has 0 aliphatic carbocycles. The number of aromatic nitrogens is 1. The molecule has 2 aromatic rings. The van der Waals surface area contributed by atoms with Crippen LogP contribution in [0.1, 0.15) is 11.3 Å². The van der Waals surface area contributed by atoms with Crippen molar-refractivity contribution in [3.8, 4) is 0 Å². The van der Waals surface area contributed by atoms with Crippen molar-refractivity contribution in [3.05, 3.63) is 40.7 Å². The Hall–Kier alpha value is -0.970. The summed E-state index contributed by atoms with van der Waals surface area (Å²) in [6, 6.07) is 5.98. The fourth-order valence-corrected chi connectivity index (χ4v) is 2.50. The van der Waals surface area contributed by atoms with Crippen LogP contribution in [0.15, 0.2) is 39.0 Å². The molecule has 0 unspecified atom stereocenters. The number of halogens is 1. The summed E-state index contributed by atoms with van der Waals surface area (Å²) in [5.74, 6) is 0. The molecule has 0 aliphatic heterocycles. The molecule has 0 aliphatic rings. The van der Waals surface area contributed by atoms with Crippen LogP contribution < -0.4 is 5.32 Å². The van der Waals surface area contributed by atoms with E-state index in [9.17, 15) is 0 Å². The van der Waals surface area contributed by atoms with Gasteiger partial charge < -0.3 is 9.73 Å². The standard InChI is InChI=1S/C12H13ClN2OS/c1-8-7-16-12(15-8)17-11-4-3-9(6-14-2)5-10(11)13/h3-5,7,14H,6H2,1-2H3. The smallest absolute Gasteiger partial charge is 0.260 e. The number of nitrogens with one attached hydrogen (secondary N) is 1. The van der Waals surface area contributed by atoms with Gasteiger partial charge in [-0.05, 0) is 43.4 Å². The van der Waals surface area contributed by atoms with Gasteiger partial charge in [0.2, 0.25) is 0 Å². The molecule has 0 bridgehead atoms. The van der Waals surface area contributed by atoms with Crippen molar-refractivity contribution < 1.29 is 4.42 Å². The molecule has 0 amide bonds. The Morgan fingerprint density at radius 3 is 2.88 bits per heavy atom. The lowest BCUT2D eigenvalue weighted by Crippen LogP contribution is -2.04. The molecule has 0 atom stereocenters. The minimum Gasteiger partial charge on any atom is -0.439 e. The second kappa shape index (κ2) is 5.58. The molecule has 1 N–H and O–H groups in total. The van der Waals surface area contributed by atoms with Crippen molar-refractivity contribution in [1.82, 2.24) is 10.3 Å². The topological polar surface area (TPSA) is 38.1 Å². The third kappa shape index (κ3) is 3.25.